The van der Waals surface area contributed by atoms with Crippen molar-refractivity contribution in [2.75, 3.05) is 10.8 Å². The van der Waals surface area contributed by atoms with E-state index in [1.165, 1.54) is 12.1 Å². The lowest BCUT2D eigenvalue weighted by atomic mass is 10.1. The molecule has 0 aliphatic heterocycles. The quantitative estimate of drug-likeness (QED) is 0.620. The number of rotatable bonds is 6. The van der Waals surface area contributed by atoms with E-state index >= 15 is 0 Å². The van der Waals surface area contributed by atoms with Crippen LogP contribution in [0.4, 0.5) is 11.4 Å². The Labute approximate surface area is 145 Å². The van der Waals surface area contributed by atoms with Gasteiger partial charge in [0.1, 0.15) is 6.54 Å². The molecule has 132 valence electrons. The van der Waals surface area contributed by atoms with Gasteiger partial charge in [-0.2, -0.15) is 0 Å². The lowest BCUT2D eigenvalue weighted by molar-refractivity contribution is -0.387. The average molecular weight is 363 g/mol. The third-order valence-corrected chi connectivity index (χ3v) is 5.41. The maximum atomic E-state index is 13.1. The highest BCUT2D eigenvalue weighted by Gasteiger charge is 2.33. The van der Waals surface area contributed by atoms with E-state index in [-0.39, 0.29) is 5.69 Å². The number of sulfonamides is 1. The van der Waals surface area contributed by atoms with Crippen LogP contribution in [-0.4, -0.2) is 25.8 Å². The Hall–Kier alpha value is -2.94. The largest absolute Gasteiger partial charge is 0.368 e. The minimum absolute atomic E-state index is 0.277. The summed E-state index contributed by atoms with van der Waals surface area (Å²) in [5.74, 6) is -0.871. The molecule has 0 heterocycles. The summed E-state index contributed by atoms with van der Waals surface area (Å²) in [7, 11) is -4.38. The Kier molecular flexibility index (Phi) is 5.07. The first-order valence-electron chi connectivity index (χ1n) is 7.27. The van der Waals surface area contributed by atoms with Gasteiger partial charge in [0.05, 0.1) is 10.6 Å². The van der Waals surface area contributed by atoms with Gasteiger partial charge in [-0.25, -0.2) is 8.42 Å². The Morgan fingerprint density at radius 1 is 1.12 bits per heavy atom. The number of amides is 1. The molecule has 0 saturated carbocycles. The third-order valence-electron chi connectivity index (χ3n) is 3.62. The highest BCUT2D eigenvalue weighted by molar-refractivity contribution is 7.93. The van der Waals surface area contributed by atoms with Crippen molar-refractivity contribution in [3.8, 4) is 0 Å². The van der Waals surface area contributed by atoms with Crippen molar-refractivity contribution in [2.45, 2.75) is 18.7 Å². The Bertz CT molecular complexity index is 920. The minimum Gasteiger partial charge on any atom is -0.368 e. The number of anilines is 1. The molecule has 1 amide bonds. The molecular formula is C16H17N3O5S. The monoisotopic (exact) mass is 363 g/mol. The van der Waals surface area contributed by atoms with Crippen LogP contribution in [0.1, 0.15) is 11.1 Å². The fraction of sp³-hybridized carbons (Fsp3) is 0.188. The molecule has 0 spiro atoms. The second-order valence-corrected chi connectivity index (χ2v) is 7.27. The van der Waals surface area contributed by atoms with E-state index in [1.807, 2.05) is 0 Å². The van der Waals surface area contributed by atoms with E-state index in [4.69, 9.17) is 5.73 Å². The predicted molar refractivity (Wildman–Crippen MR) is 92.7 cm³/mol. The maximum absolute atomic E-state index is 13.1. The molecule has 0 aliphatic carbocycles. The summed E-state index contributed by atoms with van der Waals surface area (Å²) in [6, 6.07) is 10.1. The van der Waals surface area contributed by atoms with Crippen LogP contribution in [0.15, 0.2) is 47.4 Å². The minimum atomic E-state index is -4.38. The van der Waals surface area contributed by atoms with E-state index in [9.17, 15) is 23.3 Å². The molecule has 0 radical (unpaired) electrons. The molecule has 0 saturated heterocycles. The first kappa shape index (κ1) is 18.4. The lowest BCUT2D eigenvalue weighted by Crippen LogP contribution is -2.39. The molecule has 25 heavy (non-hydrogen) atoms. The number of carbonyl (C=O) groups is 1. The zero-order chi connectivity index (χ0) is 18.8. The molecule has 9 heteroatoms. The highest BCUT2D eigenvalue weighted by Crippen LogP contribution is 2.33. The van der Waals surface area contributed by atoms with Crippen molar-refractivity contribution in [2.24, 2.45) is 5.73 Å². The number of aryl methyl sites for hydroxylation is 2. The van der Waals surface area contributed by atoms with Crippen LogP contribution in [0, 0.1) is 24.0 Å². The Balaban J connectivity index is 2.75. The summed E-state index contributed by atoms with van der Waals surface area (Å²) < 4.78 is 27.0. The molecule has 0 unspecified atom stereocenters. The van der Waals surface area contributed by atoms with Gasteiger partial charge in [-0.3, -0.25) is 19.2 Å². The van der Waals surface area contributed by atoms with Gasteiger partial charge in [0.2, 0.25) is 5.91 Å². The molecule has 2 rings (SSSR count). The van der Waals surface area contributed by atoms with Crippen LogP contribution in [-0.2, 0) is 14.8 Å². The molecule has 2 aromatic carbocycles. The number of primary amides is 1. The summed E-state index contributed by atoms with van der Waals surface area (Å²) in [6.07, 6.45) is 0. The molecular weight excluding hydrogens is 346 g/mol. The van der Waals surface area contributed by atoms with Crippen LogP contribution in [0.5, 0.6) is 0 Å². The first-order chi connectivity index (χ1) is 11.7. The normalized spacial score (nSPS) is 11.1. The summed E-state index contributed by atoms with van der Waals surface area (Å²) in [5.41, 5.74) is 6.14. The van der Waals surface area contributed by atoms with Gasteiger partial charge in [0.15, 0.2) is 4.90 Å². The molecule has 0 atom stereocenters. The van der Waals surface area contributed by atoms with Crippen LogP contribution in [0.2, 0.25) is 0 Å². The van der Waals surface area contributed by atoms with Gasteiger partial charge in [0, 0.05) is 6.07 Å². The van der Waals surface area contributed by atoms with Gasteiger partial charge < -0.3 is 5.73 Å². The van der Waals surface area contributed by atoms with Crippen molar-refractivity contribution in [3.63, 3.8) is 0 Å². The number of nitrogens with zero attached hydrogens (tertiary/aromatic N) is 2. The number of nitro groups is 1. The van der Waals surface area contributed by atoms with Crippen LogP contribution in [0.3, 0.4) is 0 Å². The molecule has 0 bridgehead atoms. The maximum Gasteiger partial charge on any atom is 0.289 e. The number of benzene rings is 2. The summed E-state index contributed by atoms with van der Waals surface area (Å²) in [5, 5.41) is 11.2. The Morgan fingerprint density at radius 2 is 1.68 bits per heavy atom. The van der Waals surface area contributed by atoms with E-state index in [1.54, 1.807) is 32.0 Å². The number of hydrogen-bond donors (Lipinski definition) is 1. The Morgan fingerprint density at radius 3 is 2.20 bits per heavy atom. The summed E-state index contributed by atoms with van der Waals surface area (Å²) in [4.78, 5) is 21.4. The molecule has 0 aromatic heterocycles. The SMILES string of the molecule is Cc1cccc(C)c1N(CC(N)=O)S(=O)(=O)c1ccccc1[N+](=O)[O-]. The first-order valence-corrected chi connectivity index (χ1v) is 8.71. The average Bonchev–Trinajstić information content (AvgIpc) is 2.53. The highest BCUT2D eigenvalue weighted by atomic mass is 32.2. The van der Waals surface area contributed by atoms with E-state index < -0.39 is 38.0 Å². The van der Waals surface area contributed by atoms with Crippen molar-refractivity contribution in [1.29, 1.82) is 0 Å². The van der Waals surface area contributed by atoms with E-state index in [0.29, 0.717) is 11.1 Å². The number of nitro benzene ring substituents is 1. The standard InChI is InChI=1S/C16H17N3O5S/c1-11-6-5-7-12(2)16(11)18(10-15(17)20)25(23,24)14-9-4-3-8-13(14)19(21)22/h3-9H,10H2,1-2H3,(H2,17,20). The smallest absolute Gasteiger partial charge is 0.289 e. The van der Waals surface area contributed by atoms with E-state index in [2.05, 4.69) is 0 Å². The van der Waals surface area contributed by atoms with Gasteiger partial charge in [0.25, 0.3) is 15.7 Å². The van der Waals surface area contributed by atoms with Gasteiger partial charge in [-0.05, 0) is 31.0 Å². The topological polar surface area (TPSA) is 124 Å². The van der Waals surface area contributed by atoms with Crippen LogP contribution >= 0.6 is 0 Å². The zero-order valence-corrected chi connectivity index (χ0v) is 14.5. The van der Waals surface area contributed by atoms with Crippen molar-refractivity contribution in [1.82, 2.24) is 0 Å². The molecule has 2 aromatic rings. The molecule has 0 aliphatic rings. The van der Waals surface area contributed by atoms with Crippen LogP contribution < -0.4 is 10.0 Å². The van der Waals surface area contributed by atoms with E-state index in [0.717, 1.165) is 16.4 Å². The fourth-order valence-corrected chi connectivity index (χ4v) is 4.29. The summed E-state index contributed by atoms with van der Waals surface area (Å²) in [6.45, 7) is 2.75. The number of carbonyl (C=O) groups excluding carboxylic acids is 1. The predicted octanol–water partition coefficient (Wildman–Crippen LogP) is 1.89. The number of nitrogens with two attached hydrogens (primary N) is 1. The summed E-state index contributed by atoms with van der Waals surface area (Å²) >= 11 is 0. The van der Waals surface area contributed by atoms with Crippen LogP contribution in [0.25, 0.3) is 0 Å². The van der Waals surface area contributed by atoms with Crippen molar-refractivity contribution in [3.05, 3.63) is 63.7 Å². The van der Waals surface area contributed by atoms with Gasteiger partial charge in [-0.1, -0.05) is 30.3 Å². The second kappa shape index (κ2) is 6.89. The number of hydrogen-bond acceptors (Lipinski definition) is 5. The van der Waals surface area contributed by atoms with Crippen molar-refractivity contribution < 1.29 is 18.1 Å². The zero-order valence-electron chi connectivity index (χ0n) is 13.7. The number of para-hydroxylation sites is 2. The third kappa shape index (κ3) is 3.61. The molecule has 2 N–H and O–H groups in total. The van der Waals surface area contributed by atoms with Gasteiger partial charge >= 0.3 is 0 Å². The van der Waals surface area contributed by atoms with Gasteiger partial charge in [-0.15, -0.1) is 0 Å². The fourth-order valence-electron chi connectivity index (χ4n) is 2.57. The molecule has 0 fully saturated rings. The van der Waals surface area contributed by atoms with Crippen molar-refractivity contribution >= 4 is 27.3 Å². The lowest BCUT2D eigenvalue weighted by Gasteiger charge is -2.26. The molecule has 8 nitrogen and oxygen atoms in total. The second-order valence-electron chi connectivity index (χ2n) is 5.44.